The molecule has 38 heteroatoms. The van der Waals surface area contributed by atoms with E-state index in [0.717, 1.165) is 109 Å². The van der Waals surface area contributed by atoms with Crippen LogP contribution in [-0.4, -0.2) is 145 Å². The molecule has 2 aromatic rings. The monoisotopic (exact) mass is 1640 g/mol. The van der Waals surface area contributed by atoms with Gasteiger partial charge in [0.25, 0.3) is 0 Å². The Morgan fingerprint density at radius 3 is 1.42 bits per heavy atom. The van der Waals surface area contributed by atoms with Crippen LogP contribution >= 0.6 is 203 Å². The number of hydrogen-bond acceptors (Lipinski definition) is 12. The lowest BCUT2D eigenvalue weighted by Crippen LogP contribution is -2.46. The van der Waals surface area contributed by atoms with Gasteiger partial charge in [-0.1, -0.05) is 52.7 Å². The Kier molecular flexibility index (Phi) is 53.8. The van der Waals surface area contributed by atoms with E-state index in [1.807, 2.05) is 31.2 Å². The number of ether oxygens (including phenoxy) is 7. The number of aliphatic hydroxyl groups is 1. The number of alkyl carbamates (subject to hydrolysis) is 1. The van der Waals surface area contributed by atoms with Crippen molar-refractivity contribution >= 4 is 215 Å². The first-order valence-corrected chi connectivity index (χ1v) is 71.4. The molecule has 2 heterocycles. The maximum absolute atomic E-state index is 11.9. The topological polar surface area (TPSA) is 133 Å². The fourth-order valence-electron chi connectivity index (χ4n) is 9.70. The number of benzene rings is 2. The molecule has 4 fully saturated rings. The second kappa shape index (κ2) is 52.0. The van der Waals surface area contributed by atoms with Crippen LogP contribution in [0.3, 0.4) is 0 Å². The first kappa shape index (κ1) is 88.0. The zero-order chi connectivity index (χ0) is 63.6. The number of likely N-dealkylation sites (tertiary alicyclic amines) is 2. The van der Waals surface area contributed by atoms with Crippen LogP contribution in [-0.2, 0) is 27.1 Å². The number of β-amino-alcohol motifs (C(OH)–C–C–N with tert-alkyl or cyclic N) is 1. The largest absolute Gasteiger partial charge is 0.493 e. The second-order valence-corrected chi connectivity index (χ2v) is 112. The van der Waals surface area contributed by atoms with E-state index in [0.29, 0.717) is 37.9 Å². The van der Waals surface area contributed by atoms with Crippen molar-refractivity contribution in [2.24, 2.45) is 4.99 Å². The van der Waals surface area contributed by atoms with Crippen molar-refractivity contribution in [3.05, 3.63) is 54.1 Å². The Balaban J connectivity index is 0.000000406. The van der Waals surface area contributed by atoms with Gasteiger partial charge in [0.05, 0.1) is 60.0 Å². The smallest absolute Gasteiger partial charge is 0.407 e. The Bertz CT molecular complexity index is 2160. The summed E-state index contributed by atoms with van der Waals surface area (Å²) in [4.78, 5) is 20.2. The summed E-state index contributed by atoms with van der Waals surface area (Å²) in [5.41, 5.74) is 2.37. The summed E-state index contributed by atoms with van der Waals surface area (Å²) in [6.45, 7) is 12.4. The number of nitrogens with zero attached hydrogens (tertiary/aromatic N) is 3. The number of carbonyl (C=O) groups excluding carboxylic acids is 1. The summed E-state index contributed by atoms with van der Waals surface area (Å²) in [5.74, 6) is 5.32. The average molecular weight is 1640 g/mol. The number of amides is 1. The zero-order valence-electron chi connectivity index (χ0n) is 50.4. The average Bonchev–Trinajstić information content (AvgIpc) is 4.26. The summed E-state index contributed by atoms with van der Waals surface area (Å²) < 4.78 is 39.6. The van der Waals surface area contributed by atoms with E-state index in [2.05, 4.69) is 170 Å². The van der Waals surface area contributed by atoms with E-state index in [9.17, 15) is 9.90 Å². The van der Waals surface area contributed by atoms with Crippen LogP contribution in [0.5, 0.6) is 23.0 Å². The van der Waals surface area contributed by atoms with E-state index >= 15 is 0 Å². The molecule has 2 aliphatic heterocycles. The molecule has 2 saturated heterocycles. The van der Waals surface area contributed by atoms with Crippen molar-refractivity contribution in [3.8, 4) is 23.0 Å². The lowest BCUT2D eigenvalue weighted by atomic mass is 9.91. The number of nitrogens with one attached hydrogen (secondary N) is 1. The standard InChI is InChI=1S/C24H38N2O5.C20H31NO4.C3H5N.H15P13.H14P12/c1-4-13-25-24(27)31-19-11-14-26(17-19)20-7-5-6-8-21(20)30-15-12-18-9-10-22(28-2)23(16-18)29-3;1-23-19-8-7-15(13-20(19)24-2)10-12-25-18-6-4-3-5-17(18)21-11-9-16(22)14-21;1-3-4-2;1-8-12(9(2)3)13(10(4)5)11(6)7;1-8(2)11(7)12(9(3)4)10(5)6/h9-10,16,19-21H,4-8,11-15,17H2,1-3H3,(H,25,27);7-8,13,16-18,22H,3-6,9-12,14H2,1-2H3;1H2,2H3;8H,1-7H2;1-7H2/t19-,20-,21-;16-,17-,18-;;;/m11.../s1. The molecule has 23 atom stereocenters. The third-order valence-electron chi connectivity index (χ3n) is 13.7. The van der Waals surface area contributed by atoms with Gasteiger partial charge in [-0.25, -0.2) is 9.79 Å². The van der Waals surface area contributed by atoms with Gasteiger partial charge in [0, 0.05) is 51.9 Å². The molecule has 490 valence electrons. The normalized spacial score (nSPS) is 21.6. The third-order valence-corrected chi connectivity index (χ3v) is 154. The molecule has 2 N–H and O–H groups in total. The highest BCUT2D eigenvalue weighted by atomic mass is 33.3. The fraction of sp³-hybridized carbons (Fsp3) is 0.681. The summed E-state index contributed by atoms with van der Waals surface area (Å²) >= 11 is 0. The number of methoxy groups -OCH3 is 4. The zero-order valence-corrected chi connectivity index (χ0v) is 76.5. The molecule has 1 amide bonds. The molecule has 2 saturated carbocycles. The SMILES string of the molecule is C=C=NC.CCCNC(=O)O[C@@H]1CCN([C@@H]2CCCC[C@H]2OCCc2ccc(OC)c(OC)c2)C1.COc1ccc(CCO[C@@H]2CCCC[C@H]2N2CC[C@@H](O)C2)cc1OC.PP(P)P(P)P(P(P)P)P(P)P.PPP(P(P)P)P(P(P)P)P(P)P. The van der Waals surface area contributed by atoms with Crippen LogP contribution in [0.4, 0.5) is 4.79 Å². The summed E-state index contributed by atoms with van der Waals surface area (Å²) in [5, 5.41) is 12.6. The Morgan fingerprint density at radius 1 is 0.647 bits per heavy atom. The van der Waals surface area contributed by atoms with Gasteiger partial charge in [0.1, 0.15) is 6.10 Å². The molecular formula is C47H103N4O9P25. The number of aliphatic imine (C=N–C) groups is 1. The number of aliphatic hydroxyl groups excluding tert-OH is 1. The highest BCUT2D eigenvalue weighted by Gasteiger charge is 2.37. The molecule has 0 bridgehead atoms. The minimum atomic E-state index is -0.292. The van der Waals surface area contributed by atoms with Crippen LogP contribution in [0.1, 0.15) is 88.7 Å². The molecule has 0 aromatic heterocycles. The van der Waals surface area contributed by atoms with Gasteiger partial charge in [0.2, 0.25) is 0 Å². The molecule has 2 aromatic carbocycles. The van der Waals surface area contributed by atoms with Gasteiger partial charge in [-0.3, -0.25) is 9.80 Å². The first-order valence-electron chi connectivity index (χ1n) is 27.6. The predicted molar refractivity (Wildman–Crippen MR) is 450 cm³/mol. The van der Waals surface area contributed by atoms with Crippen LogP contribution < -0.4 is 24.3 Å². The van der Waals surface area contributed by atoms with Crippen molar-refractivity contribution in [3.63, 3.8) is 0 Å². The second-order valence-electron chi connectivity index (χ2n) is 19.5. The van der Waals surface area contributed by atoms with Crippen LogP contribution in [0, 0.1) is 0 Å². The molecule has 2 aliphatic carbocycles. The lowest BCUT2D eigenvalue weighted by molar-refractivity contribution is -0.0320. The Labute approximate surface area is 558 Å². The van der Waals surface area contributed by atoms with Gasteiger partial charge in [-0.15, -0.1) is 125 Å². The van der Waals surface area contributed by atoms with Crippen LogP contribution in [0.2, 0.25) is 0 Å². The first-order chi connectivity index (χ1) is 40.5. The van der Waals surface area contributed by atoms with Gasteiger partial charge >= 0.3 is 6.09 Å². The quantitative estimate of drug-likeness (QED) is 0.0689. The van der Waals surface area contributed by atoms with Gasteiger partial charge < -0.3 is 43.6 Å². The van der Waals surface area contributed by atoms with E-state index in [1.165, 1.54) is 43.2 Å². The van der Waals surface area contributed by atoms with Gasteiger partial charge in [0.15, 0.2) is 23.0 Å². The van der Waals surface area contributed by atoms with E-state index < -0.39 is 0 Å². The van der Waals surface area contributed by atoms with E-state index in [-0.39, 0.29) is 94.3 Å². The summed E-state index contributed by atoms with van der Waals surface area (Å²) in [7, 11) is 51.5. The maximum atomic E-state index is 11.9. The van der Waals surface area contributed by atoms with Crippen molar-refractivity contribution in [2.75, 3.05) is 81.4 Å². The molecular weight excluding hydrogens is 1540 g/mol. The number of carbonyl (C=O) groups is 1. The minimum Gasteiger partial charge on any atom is -0.493 e. The fourth-order valence-corrected chi connectivity index (χ4v) is 239. The van der Waals surface area contributed by atoms with Crippen molar-refractivity contribution in [1.82, 2.24) is 15.1 Å². The molecule has 6 rings (SSSR count). The summed E-state index contributed by atoms with van der Waals surface area (Å²) in [6.07, 6.45) is 14.0. The number of hydrogen-bond donors (Lipinski definition) is 2. The third kappa shape index (κ3) is 34.7. The van der Waals surface area contributed by atoms with Crippen molar-refractivity contribution in [2.45, 2.75) is 127 Å². The lowest BCUT2D eigenvalue weighted by Gasteiger charge is -2.37. The maximum Gasteiger partial charge on any atom is 0.407 e. The predicted octanol–water partition coefficient (Wildman–Crippen LogP) is 20.7. The van der Waals surface area contributed by atoms with E-state index in [1.54, 1.807) is 35.5 Å². The highest BCUT2D eigenvalue weighted by molar-refractivity contribution is 9.24. The Morgan fingerprint density at radius 2 is 1.08 bits per heavy atom. The minimum absolute atomic E-state index is 0.0220. The highest BCUT2D eigenvalue weighted by Crippen LogP contribution is 3.18. The number of rotatable bonds is 26. The van der Waals surface area contributed by atoms with Gasteiger partial charge in [-0.05, 0) is 176 Å². The molecule has 0 radical (unpaired) electrons. The molecule has 13 nitrogen and oxygen atoms in total. The molecule has 17 unspecified atom stereocenters. The molecule has 4 aliphatic rings. The molecule has 0 spiro atoms. The summed E-state index contributed by atoms with van der Waals surface area (Å²) in [6, 6.07) is 12.9. The Hall–Kier alpha value is 6.91. The van der Waals surface area contributed by atoms with Crippen LogP contribution in [0.25, 0.3) is 0 Å². The van der Waals surface area contributed by atoms with Crippen LogP contribution in [0.15, 0.2) is 48.0 Å². The molecule has 85 heavy (non-hydrogen) atoms. The van der Waals surface area contributed by atoms with Crippen molar-refractivity contribution in [1.29, 1.82) is 0 Å². The van der Waals surface area contributed by atoms with E-state index in [4.69, 9.17) is 33.2 Å². The van der Waals surface area contributed by atoms with Gasteiger partial charge in [-0.2, -0.15) is 0 Å². The van der Waals surface area contributed by atoms with Crippen molar-refractivity contribution < 1.29 is 43.1 Å².